The van der Waals surface area contributed by atoms with Gasteiger partial charge in [-0.3, -0.25) is 14.4 Å². The van der Waals surface area contributed by atoms with Gasteiger partial charge in [-0.25, -0.2) is 0 Å². The van der Waals surface area contributed by atoms with E-state index in [0.717, 1.165) is 6.42 Å². The maximum atomic E-state index is 11.4. The van der Waals surface area contributed by atoms with Crippen LogP contribution in [0.3, 0.4) is 0 Å². The molecule has 0 unspecified atom stereocenters. The Hall–Kier alpha value is -1.85. The quantitative estimate of drug-likeness (QED) is 0.332. The van der Waals surface area contributed by atoms with Gasteiger partial charge in [0.05, 0.1) is 6.61 Å². The lowest BCUT2D eigenvalue weighted by Gasteiger charge is -2.51. The maximum absolute atomic E-state index is 11.4. The van der Waals surface area contributed by atoms with Crippen LogP contribution in [0.2, 0.25) is 0 Å². The van der Waals surface area contributed by atoms with Crippen LogP contribution in [0.1, 0.15) is 33.6 Å². The zero-order chi connectivity index (χ0) is 16.3. The third-order valence-corrected chi connectivity index (χ3v) is 4.75. The Morgan fingerprint density at radius 2 is 2.05 bits per heavy atom. The molecule has 0 aromatic heterocycles. The van der Waals surface area contributed by atoms with Gasteiger partial charge < -0.3 is 14.2 Å². The van der Waals surface area contributed by atoms with Crippen molar-refractivity contribution in [2.45, 2.75) is 45.8 Å². The Morgan fingerprint density at radius 3 is 2.64 bits per heavy atom. The number of carbonyl (C=O) groups excluding carboxylic acids is 3. The molecule has 5 atom stereocenters. The van der Waals surface area contributed by atoms with Crippen molar-refractivity contribution in [3.05, 3.63) is 12.2 Å². The minimum Gasteiger partial charge on any atom is -0.466 e. The minimum absolute atomic E-state index is 0.0653. The average molecular weight is 310 g/mol. The molecule has 1 fully saturated rings. The first-order chi connectivity index (χ1) is 10.4. The number of allylic oxidation sites excluding steroid dienone is 1. The summed E-state index contributed by atoms with van der Waals surface area (Å²) in [5, 5.41) is 0. The molecular formula is C16H22O6. The van der Waals surface area contributed by atoms with Crippen LogP contribution in [0.4, 0.5) is 0 Å². The number of fused-ring (bicyclic) bond motifs is 2. The lowest BCUT2D eigenvalue weighted by molar-refractivity contribution is -0.172. The second-order valence-corrected chi connectivity index (χ2v) is 6.23. The van der Waals surface area contributed by atoms with Gasteiger partial charge in [0.1, 0.15) is 12.2 Å². The van der Waals surface area contributed by atoms with Crippen molar-refractivity contribution < 1.29 is 28.6 Å². The van der Waals surface area contributed by atoms with Crippen LogP contribution in [-0.2, 0) is 28.6 Å². The van der Waals surface area contributed by atoms with Crippen LogP contribution in [0, 0.1) is 17.3 Å². The van der Waals surface area contributed by atoms with Crippen LogP contribution in [0.5, 0.6) is 0 Å². The van der Waals surface area contributed by atoms with E-state index in [2.05, 4.69) is 6.92 Å². The van der Waals surface area contributed by atoms with E-state index in [1.54, 1.807) is 0 Å². The number of esters is 2. The zero-order valence-corrected chi connectivity index (χ0v) is 13.1. The van der Waals surface area contributed by atoms with E-state index >= 15 is 0 Å². The topological polar surface area (TPSA) is 78.9 Å². The molecule has 0 amide bonds. The Kier molecular flexibility index (Phi) is 4.88. The summed E-state index contributed by atoms with van der Waals surface area (Å²) in [7, 11) is 0. The van der Waals surface area contributed by atoms with Crippen LogP contribution < -0.4 is 0 Å². The van der Waals surface area contributed by atoms with Gasteiger partial charge in [0.15, 0.2) is 0 Å². The number of hydrogen-bond donors (Lipinski definition) is 0. The molecule has 6 heteroatoms. The first kappa shape index (κ1) is 16.5. The minimum atomic E-state index is -0.476. The molecule has 0 spiro atoms. The lowest BCUT2D eigenvalue weighted by Crippen LogP contribution is -2.54. The summed E-state index contributed by atoms with van der Waals surface area (Å²) >= 11 is 0. The molecule has 2 rings (SSSR count). The molecule has 122 valence electrons. The molecule has 0 N–H and O–H groups in total. The van der Waals surface area contributed by atoms with Crippen LogP contribution >= 0.6 is 0 Å². The highest BCUT2D eigenvalue weighted by Gasteiger charge is 2.52. The van der Waals surface area contributed by atoms with E-state index in [0.29, 0.717) is 12.9 Å². The van der Waals surface area contributed by atoms with E-state index in [9.17, 15) is 14.4 Å². The lowest BCUT2D eigenvalue weighted by atomic mass is 9.57. The number of rotatable bonds is 5. The number of hydrogen-bond acceptors (Lipinski definition) is 6. The van der Waals surface area contributed by atoms with Gasteiger partial charge in [0.2, 0.25) is 0 Å². The maximum Gasteiger partial charge on any atom is 0.302 e. The van der Waals surface area contributed by atoms with E-state index in [4.69, 9.17) is 14.2 Å². The van der Waals surface area contributed by atoms with E-state index in [1.807, 2.05) is 12.2 Å². The van der Waals surface area contributed by atoms with Crippen molar-refractivity contribution in [2.24, 2.45) is 17.3 Å². The summed E-state index contributed by atoms with van der Waals surface area (Å²) < 4.78 is 15.8. The first-order valence-corrected chi connectivity index (χ1v) is 7.46. The molecular weight excluding hydrogens is 288 g/mol. The SMILES string of the molecule is CC(=O)OC[C@@H]1[C@H]2[C@@H](OC=O)C=C[C@]1(C)CC[C@H]2OC(C)=O. The Labute approximate surface area is 129 Å². The normalized spacial score (nSPS) is 36.3. The molecule has 2 bridgehead atoms. The van der Waals surface area contributed by atoms with Crippen molar-refractivity contribution in [1.29, 1.82) is 0 Å². The molecule has 6 nitrogen and oxygen atoms in total. The zero-order valence-electron chi connectivity index (χ0n) is 13.1. The summed E-state index contributed by atoms with van der Waals surface area (Å²) in [5.41, 5.74) is -0.167. The summed E-state index contributed by atoms with van der Waals surface area (Å²) in [6.07, 6.45) is 4.56. The van der Waals surface area contributed by atoms with Gasteiger partial charge in [0, 0.05) is 25.7 Å². The molecule has 1 saturated carbocycles. The standard InChI is InChI=1S/C16H22O6/c1-10(18)20-8-12-15-13(21-9-17)4-6-16(12,3)7-5-14(15)22-11(2)19/h4,6,9,12-15H,5,7-8H2,1-3H3/t12-,13+,14-,15+,16-/m1/s1. The van der Waals surface area contributed by atoms with Gasteiger partial charge in [0.25, 0.3) is 6.47 Å². The Bertz CT molecular complexity index is 485. The summed E-state index contributed by atoms with van der Waals surface area (Å²) in [4.78, 5) is 33.3. The molecule has 22 heavy (non-hydrogen) atoms. The summed E-state index contributed by atoms with van der Waals surface area (Å²) in [6.45, 7) is 5.44. The van der Waals surface area contributed by atoms with Gasteiger partial charge in [-0.15, -0.1) is 0 Å². The first-order valence-electron chi connectivity index (χ1n) is 7.46. The fraction of sp³-hybridized carbons (Fsp3) is 0.688. The summed E-state index contributed by atoms with van der Waals surface area (Å²) in [6, 6.07) is 0. The highest BCUT2D eigenvalue weighted by Crippen LogP contribution is 2.51. The van der Waals surface area contributed by atoms with Crippen molar-refractivity contribution in [3.8, 4) is 0 Å². The monoisotopic (exact) mass is 310 g/mol. The van der Waals surface area contributed by atoms with Crippen molar-refractivity contribution in [3.63, 3.8) is 0 Å². The third-order valence-electron chi connectivity index (χ3n) is 4.75. The van der Waals surface area contributed by atoms with Gasteiger partial charge in [-0.1, -0.05) is 13.0 Å². The van der Waals surface area contributed by atoms with Crippen LogP contribution in [-0.4, -0.2) is 37.2 Å². The molecule has 0 heterocycles. The average Bonchev–Trinajstić information content (AvgIpc) is 2.43. The van der Waals surface area contributed by atoms with E-state index in [-0.39, 0.29) is 41.9 Å². The Morgan fingerprint density at radius 1 is 1.32 bits per heavy atom. The molecule has 0 aromatic carbocycles. The summed E-state index contributed by atoms with van der Waals surface area (Å²) in [5.74, 6) is -0.992. The van der Waals surface area contributed by atoms with Crippen molar-refractivity contribution in [1.82, 2.24) is 0 Å². The second-order valence-electron chi connectivity index (χ2n) is 6.23. The smallest absolute Gasteiger partial charge is 0.302 e. The van der Waals surface area contributed by atoms with E-state index < -0.39 is 6.10 Å². The number of ether oxygens (including phenoxy) is 3. The van der Waals surface area contributed by atoms with Gasteiger partial charge >= 0.3 is 11.9 Å². The fourth-order valence-corrected chi connectivity index (χ4v) is 3.68. The predicted octanol–water partition coefficient (Wildman–Crippen LogP) is 1.63. The molecule has 2 aliphatic rings. The third kappa shape index (κ3) is 3.31. The fourth-order valence-electron chi connectivity index (χ4n) is 3.68. The van der Waals surface area contributed by atoms with Crippen LogP contribution in [0.15, 0.2) is 12.2 Å². The van der Waals surface area contributed by atoms with Gasteiger partial charge in [-0.05, 0) is 24.3 Å². The molecule has 0 aromatic rings. The van der Waals surface area contributed by atoms with Crippen LogP contribution in [0.25, 0.3) is 0 Å². The number of carbonyl (C=O) groups is 3. The highest BCUT2D eigenvalue weighted by molar-refractivity contribution is 5.66. The molecule has 0 aliphatic heterocycles. The predicted molar refractivity (Wildman–Crippen MR) is 76.6 cm³/mol. The largest absolute Gasteiger partial charge is 0.466 e. The molecule has 0 saturated heterocycles. The van der Waals surface area contributed by atoms with E-state index in [1.165, 1.54) is 13.8 Å². The van der Waals surface area contributed by atoms with Crippen molar-refractivity contribution >= 4 is 18.4 Å². The second kappa shape index (κ2) is 6.50. The highest BCUT2D eigenvalue weighted by atomic mass is 16.6. The molecule has 2 aliphatic carbocycles. The van der Waals surface area contributed by atoms with Gasteiger partial charge in [-0.2, -0.15) is 0 Å². The van der Waals surface area contributed by atoms with Crippen molar-refractivity contribution in [2.75, 3.05) is 6.61 Å². The molecule has 0 radical (unpaired) electrons. The Balaban J connectivity index is 2.30.